The largest absolute Gasteiger partial charge is 0.338 e. The lowest BCUT2D eigenvalue weighted by Gasteiger charge is -2.13. The third-order valence-corrected chi connectivity index (χ3v) is 4.50. The summed E-state index contributed by atoms with van der Waals surface area (Å²) in [7, 11) is 0. The van der Waals surface area contributed by atoms with Gasteiger partial charge < -0.3 is 9.88 Å². The number of benzene rings is 2. The predicted octanol–water partition coefficient (Wildman–Crippen LogP) is 4.56. The van der Waals surface area contributed by atoms with Gasteiger partial charge in [-0.1, -0.05) is 29.3 Å². The van der Waals surface area contributed by atoms with Crippen LogP contribution in [0, 0.1) is 13.8 Å². The molecule has 0 bridgehead atoms. The number of anilines is 1. The Labute approximate surface area is 155 Å². The summed E-state index contributed by atoms with van der Waals surface area (Å²) in [6, 6.07) is 10.2. The fourth-order valence-electron chi connectivity index (χ4n) is 2.89. The number of nitrogens with zero attached hydrogens (tertiary/aromatic N) is 1. The first-order valence-electron chi connectivity index (χ1n) is 7.70. The molecule has 1 amide bonds. The van der Waals surface area contributed by atoms with Gasteiger partial charge in [-0.05, 0) is 49.2 Å². The molecule has 3 rings (SSSR count). The Balaban J connectivity index is 1.95. The van der Waals surface area contributed by atoms with E-state index < -0.39 is 0 Å². The van der Waals surface area contributed by atoms with E-state index in [2.05, 4.69) is 5.32 Å². The third-order valence-electron chi connectivity index (χ3n) is 3.94. The van der Waals surface area contributed by atoms with Crippen molar-refractivity contribution in [1.29, 1.82) is 0 Å². The first kappa shape index (κ1) is 17.5. The van der Waals surface area contributed by atoms with Crippen molar-refractivity contribution < 1.29 is 4.79 Å². The van der Waals surface area contributed by atoms with Crippen LogP contribution in [0.15, 0.2) is 47.4 Å². The van der Waals surface area contributed by atoms with Crippen LogP contribution in [0.25, 0.3) is 10.9 Å². The van der Waals surface area contributed by atoms with Gasteiger partial charge in [0.15, 0.2) is 5.43 Å². The monoisotopic (exact) mass is 374 g/mol. The molecule has 0 aliphatic heterocycles. The number of carbonyl (C=O) groups excluding carboxylic acids is 1. The predicted molar refractivity (Wildman–Crippen MR) is 103 cm³/mol. The number of nitrogens with one attached hydrogen (secondary N) is 1. The van der Waals surface area contributed by atoms with Crippen molar-refractivity contribution in [2.24, 2.45) is 0 Å². The highest BCUT2D eigenvalue weighted by atomic mass is 35.5. The molecule has 0 atom stereocenters. The zero-order chi connectivity index (χ0) is 18.1. The smallest absolute Gasteiger partial charge is 0.244 e. The fraction of sp³-hybridized carbons (Fsp3) is 0.158. The Morgan fingerprint density at radius 2 is 1.88 bits per heavy atom. The standard InChI is InChI=1S/C19H16Cl2N2O2/c1-11-7-12(2)19-16(8-11)23(6-5-17(19)24)10-18(25)22-15-9-13(20)3-4-14(15)21/h3-9H,10H2,1-2H3,(H,22,25). The maximum absolute atomic E-state index is 12.4. The molecule has 1 N–H and O–H groups in total. The summed E-state index contributed by atoms with van der Waals surface area (Å²) < 4.78 is 1.75. The fourth-order valence-corrected chi connectivity index (χ4v) is 3.23. The zero-order valence-corrected chi connectivity index (χ0v) is 15.3. The van der Waals surface area contributed by atoms with Crippen LogP contribution in [0.5, 0.6) is 0 Å². The molecule has 0 fully saturated rings. The maximum Gasteiger partial charge on any atom is 0.244 e. The molecule has 128 valence electrons. The molecule has 0 radical (unpaired) electrons. The van der Waals surface area contributed by atoms with Crippen molar-refractivity contribution in [1.82, 2.24) is 4.57 Å². The summed E-state index contributed by atoms with van der Waals surface area (Å²) in [5, 5.41) is 4.28. The minimum atomic E-state index is -0.256. The van der Waals surface area contributed by atoms with Crippen molar-refractivity contribution in [3.8, 4) is 0 Å². The van der Waals surface area contributed by atoms with E-state index in [4.69, 9.17) is 23.2 Å². The molecule has 2 aromatic carbocycles. The number of fused-ring (bicyclic) bond motifs is 1. The third kappa shape index (κ3) is 3.70. The molecule has 3 aromatic rings. The van der Waals surface area contributed by atoms with Crippen molar-refractivity contribution in [3.63, 3.8) is 0 Å². The number of hydrogen-bond donors (Lipinski definition) is 1. The van der Waals surface area contributed by atoms with Crippen molar-refractivity contribution >= 4 is 45.7 Å². The molecular formula is C19H16Cl2N2O2. The minimum Gasteiger partial charge on any atom is -0.338 e. The van der Waals surface area contributed by atoms with Crippen LogP contribution in [0.3, 0.4) is 0 Å². The molecule has 4 nitrogen and oxygen atoms in total. The highest BCUT2D eigenvalue weighted by molar-refractivity contribution is 6.35. The second kappa shape index (κ2) is 6.90. The van der Waals surface area contributed by atoms with Gasteiger partial charge in [-0.2, -0.15) is 0 Å². The summed E-state index contributed by atoms with van der Waals surface area (Å²) >= 11 is 12.0. The number of hydrogen-bond acceptors (Lipinski definition) is 2. The summed E-state index contributed by atoms with van der Waals surface area (Å²) in [5.74, 6) is -0.256. The van der Waals surface area contributed by atoms with Gasteiger partial charge in [-0.25, -0.2) is 0 Å². The second-order valence-electron chi connectivity index (χ2n) is 5.96. The lowest BCUT2D eigenvalue weighted by Crippen LogP contribution is -2.20. The van der Waals surface area contributed by atoms with Crippen LogP contribution >= 0.6 is 23.2 Å². The van der Waals surface area contributed by atoms with Gasteiger partial charge in [0.1, 0.15) is 6.54 Å². The van der Waals surface area contributed by atoms with Crippen molar-refractivity contribution in [3.05, 3.63) is 74.0 Å². The van der Waals surface area contributed by atoms with Gasteiger partial charge in [0.25, 0.3) is 0 Å². The minimum absolute atomic E-state index is 0.0537. The Morgan fingerprint density at radius 3 is 2.64 bits per heavy atom. The Bertz CT molecular complexity index is 1040. The van der Waals surface area contributed by atoms with E-state index >= 15 is 0 Å². The highest BCUT2D eigenvalue weighted by Gasteiger charge is 2.11. The Kier molecular flexibility index (Phi) is 4.84. The number of aromatic nitrogens is 1. The molecule has 0 aliphatic carbocycles. The number of amides is 1. The quantitative estimate of drug-likeness (QED) is 0.730. The Hall–Kier alpha value is -2.30. The SMILES string of the molecule is Cc1cc(C)c2c(=O)ccn(CC(=O)Nc3cc(Cl)ccc3Cl)c2c1. The van der Waals surface area contributed by atoms with Gasteiger partial charge >= 0.3 is 0 Å². The number of pyridine rings is 1. The van der Waals surface area contributed by atoms with E-state index in [1.54, 1.807) is 29.0 Å². The van der Waals surface area contributed by atoms with Crippen LogP contribution in [-0.2, 0) is 11.3 Å². The van der Waals surface area contributed by atoms with Gasteiger partial charge in [0, 0.05) is 22.7 Å². The van der Waals surface area contributed by atoms with E-state index in [1.807, 2.05) is 26.0 Å². The topological polar surface area (TPSA) is 51.1 Å². The molecule has 1 heterocycles. The molecule has 0 saturated heterocycles. The maximum atomic E-state index is 12.4. The average Bonchev–Trinajstić information content (AvgIpc) is 2.53. The van der Waals surface area contributed by atoms with Crippen LogP contribution in [-0.4, -0.2) is 10.5 Å². The summed E-state index contributed by atoms with van der Waals surface area (Å²) in [5.41, 5.74) is 3.06. The molecule has 0 spiro atoms. The van der Waals surface area contributed by atoms with E-state index in [1.165, 1.54) is 6.07 Å². The molecule has 6 heteroatoms. The lowest BCUT2D eigenvalue weighted by atomic mass is 10.1. The molecule has 0 saturated carbocycles. The van der Waals surface area contributed by atoms with E-state index in [9.17, 15) is 9.59 Å². The molecule has 0 aliphatic rings. The van der Waals surface area contributed by atoms with Crippen LogP contribution in [0.2, 0.25) is 10.0 Å². The van der Waals surface area contributed by atoms with E-state index in [0.717, 1.165) is 16.6 Å². The van der Waals surface area contributed by atoms with Crippen molar-refractivity contribution in [2.45, 2.75) is 20.4 Å². The number of aryl methyl sites for hydroxylation is 2. The van der Waals surface area contributed by atoms with Crippen LogP contribution < -0.4 is 10.7 Å². The first-order chi connectivity index (χ1) is 11.8. The van der Waals surface area contributed by atoms with Gasteiger partial charge in [0.2, 0.25) is 5.91 Å². The number of halogens is 2. The van der Waals surface area contributed by atoms with Crippen LogP contribution in [0.4, 0.5) is 5.69 Å². The van der Waals surface area contributed by atoms with Gasteiger partial charge in [-0.15, -0.1) is 0 Å². The summed E-state index contributed by atoms with van der Waals surface area (Å²) in [4.78, 5) is 24.6. The van der Waals surface area contributed by atoms with Crippen molar-refractivity contribution in [2.75, 3.05) is 5.32 Å². The molecular weight excluding hydrogens is 359 g/mol. The zero-order valence-electron chi connectivity index (χ0n) is 13.8. The van der Waals surface area contributed by atoms with Gasteiger partial charge in [0.05, 0.1) is 16.2 Å². The molecule has 25 heavy (non-hydrogen) atoms. The average molecular weight is 375 g/mol. The Morgan fingerprint density at radius 1 is 1.12 bits per heavy atom. The molecule has 0 unspecified atom stereocenters. The first-order valence-corrected chi connectivity index (χ1v) is 8.46. The van der Waals surface area contributed by atoms with Gasteiger partial charge in [-0.3, -0.25) is 9.59 Å². The highest BCUT2D eigenvalue weighted by Crippen LogP contribution is 2.25. The summed E-state index contributed by atoms with van der Waals surface area (Å²) in [6.07, 6.45) is 1.63. The normalized spacial score (nSPS) is 10.9. The van der Waals surface area contributed by atoms with Crippen LogP contribution in [0.1, 0.15) is 11.1 Å². The van der Waals surface area contributed by atoms with E-state index in [-0.39, 0.29) is 17.9 Å². The number of carbonyl (C=O) groups is 1. The number of rotatable bonds is 3. The van der Waals surface area contributed by atoms with E-state index in [0.29, 0.717) is 21.1 Å². The second-order valence-corrected chi connectivity index (χ2v) is 6.80. The lowest BCUT2D eigenvalue weighted by molar-refractivity contribution is -0.116. The molecule has 1 aromatic heterocycles. The summed E-state index contributed by atoms with van der Waals surface area (Å²) in [6.45, 7) is 3.91.